The van der Waals surface area contributed by atoms with Gasteiger partial charge >= 0.3 is 0 Å². The summed E-state index contributed by atoms with van der Waals surface area (Å²) in [6.07, 6.45) is 4.81. The number of aliphatic imine (C=N–C) groups is 1. The van der Waals surface area contributed by atoms with Gasteiger partial charge in [-0.15, -0.1) is 11.3 Å². The molecule has 4 nitrogen and oxygen atoms in total. The largest absolute Gasteiger partial charge is 0.370 e. The Hall–Kier alpha value is -1.88. The maximum absolute atomic E-state index is 6.09. The SMILES string of the molecule is CC(C)(C)c1nc(CN=C(N)Nc2cccc3c2CCCC3)cs1. The van der Waals surface area contributed by atoms with Crippen LogP contribution in [0.25, 0.3) is 0 Å². The summed E-state index contributed by atoms with van der Waals surface area (Å²) in [5, 5.41) is 6.49. The van der Waals surface area contributed by atoms with E-state index in [1.54, 1.807) is 11.3 Å². The van der Waals surface area contributed by atoms with E-state index in [0.29, 0.717) is 12.5 Å². The molecule has 0 fully saturated rings. The van der Waals surface area contributed by atoms with Crippen molar-refractivity contribution < 1.29 is 0 Å². The van der Waals surface area contributed by atoms with Gasteiger partial charge in [-0.25, -0.2) is 9.98 Å². The normalized spacial score (nSPS) is 15.2. The molecule has 24 heavy (non-hydrogen) atoms. The molecule has 0 saturated heterocycles. The molecule has 0 amide bonds. The summed E-state index contributed by atoms with van der Waals surface area (Å²) in [4.78, 5) is 9.12. The molecular formula is C19H26N4S. The lowest BCUT2D eigenvalue weighted by atomic mass is 9.90. The molecule has 2 aromatic rings. The number of hydrogen-bond acceptors (Lipinski definition) is 3. The Bertz CT molecular complexity index is 740. The van der Waals surface area contributed by atoms with Crippen LogP contribution in [0.3, 0.4) is 0 Å². The van der Waals surface area contributed by atoms with E-state index >= 15 is 0 Å². The van der Waals surface area contributed by atoms with Gasteiger partial charge in [0.1, 0.15) is 0 Å². The first-order valence-electron chi connectivity index (χ1n) is 8.56. The fourth-order valence-electron chi connectivity index (χ4n) is 2.97. The number of hydrogen-bond donors (Lipinski definition) is 2. The zero-order chi connectivity index (χ0) is 17.2. The van der Waals surface area contributed by atoms with Gasteiger partial charge in [-0.05, 0) is 42.9 Å². The molecule has 1 aromatic carbocycles. The van der Waals surface area contributed by atoms with E-state index in [1.165, 1.54) is 24.0 Å². The van der Waals surface area contributed by atoms with Gasteiger partial charge in [0.05, 0.1) is 17.2 Å². The van der Waals surface area contributed by atoms with Crippen molar-refractivity contribution in [1.82, 2.24) is 4.98 Å². The van der Waals surface area contributed by atoms with Crippen LogP contribution in [0.2, 0.25) is 0 Å². The number of nitrogens with two attached hydrogens (primary N) is 1. The van der Waals surface area contributed by atoms with Crippen LogP contribution in [0.4, 0.5) is 5.69 Å². The van der Waals surface area contributed by atoms with E-state index in [0.717, 1.165) is 29.2 Å². The van der Waals surface area contributed by atoms with Gasteiger partial charge in [0.25, 0.3) is 0 Å². The molecule has 0 aliphatic heterocycles. The van der Waals surface area contributed by atoms with Gasteiger partial charge in [0.15, 0.2) is 5.96 Å². The van der Waals surface area contributed by atoms with Gasteiger partial charge in [-0.2, -0.15) is 0 Å². The van der Waals surface area contributed by atoms with Crippen LogP contribution in [0, 0.1) is 0 Å². The summed E-state index contributed by atoms with van der Waals surface area (Å²) in [6, 6.07) is 6.40. The second kappa shape index (κ2) is 6.93. The topological polar surface area (TPSA) is 63.3 Å². The molecule has 1 aromatic heterocycles. The van der Waals surface area contributed by atoms with Crippen molar-refractivity contribution in [3.8, 4) is 0 Å². The second-order valence-electron chi connectivity index (χ2n) is 7.37. The zero-order valence-electron chi connectivity index (χ0n) is 14.7. The van der Waals surface area contributed by atoms with Crippen LogP contribution < -0.4 is 11.1 Å². The highest BCUT2D eigenvalue weighted by Crippen LogP contribution is 2.28. The summed E-state index contributed by atoms with van der Waals surface area (Å²) < 4.78 is 0. The molecule has 128 valence electrons. The predicted octanol–water partition coefficient (Wildman–Crippen LogP) is 4.25. The van der Waals surface area contributed by atoms with Crippen LogP contribution in [-0.4, -0.2) is 10.9 Å². The third-order valence-electron chi connectivity index (χ3n) is 4.26. The second-order valence-corrected chi connectivity index (χ2v) is 8.23. The first-order chi connectivity index (χ1) is 11.4. The average molecular weight is 343 g/mol. The molecule has 0 radical (unpaired) electrons. The van der Waals surface area contributed by atoms with Crippen LogP contribution in [0.1, 0.15) is 55.4 Å². The number of fused-ring (bicyclic) bond motifs is 1. The van der Waals surface area contributed by atoms with E-state index in [9.17, 15) is 0 Å². The number of rotatable bonds is 3. The molecular weight excluding hydrogens is 316 g/mol. The Morgan fingerprint density at radius 2 is 2.08 bits per heavy atom. The number of thiazole rings is 1. The smallest absolute Gasteiger partial charge is 0.193 e. The highest BCUT2D eigenvalue weighted by Gasteiger charge is 2.18. The van der Waals surface area contributed by atoms with Gasteiger partial charge in [0, 0.05) is 16.5 Å². The summed E-state index contributed by atoms with van der Waals surface area (Å²) in [5.74, 6) is 0.458. The molecule has 0 saturated carbocycles. The average Bonchev–Trinajstić information content (AvgIpc) is 3.03. The molecule has 1 aliphatic carbocycles. The Kier molecular flexibility index (Phi) is 4.90. The number of aryl methyl sites for hydroxylation is 1. The lowest BCUT2D eigenvalue weighted by molar-refractivity contribution is 0.583. The molecule has 1 aliphatic rings. The molecule has 3 rings (SSSR count). The van der Waals surface area contributed by atoms with Gasteiger partial charge < -0.3 is 11.1 Å². The van der Waals surface area contributed by atoms with Crippen LogP contribution in [-0.2, 0) is 24.8 Å². The number of guanidine groups is 1. The zero-order valence-corrected chi connectivity index (χ0v) is 15.5. The third kappa shape index (κ3) is 3.96. The summed E-state index contributed by atoms with van der Waals surface area (Å²) in [7, 11) is 0. The first-order valence-corrected chi connectivity index (χ1v) is 9.44. The molecule has 0 spiro atoms. The van der Waals surface area contributed by atoms with E-state index in [-0.39, 0.29) is 5.41 Å². The Morgan fingerprint density at radius 1 is 1.29 bits per heavy atom. The Morgan fingerprint density at radius 3 is 2.83 bits per heavy atom. The number of aromatic nitrogens is 1. The fraction of sp³-hybridized carbons (Fsp3) is 0.474. The number of nitrogens with zero attached hydrogens (tertiary/aromatic N) is 2. The quantitative estimate of drug-likeness (QED) is 0.647. The van der Waals surface area contributed by atoms with E-state index in [4.69, 9.17) is 5.73 Å². The Labute approximate surface area is 148 Å². The van der Waals surface area contributed by atoms with E-state index < -0.39 is 0 Å². The number of nitrogens with one attached hydrogen (secondary N) is 1. The molecule has 0 unspecified atom stereocenters. The van der Waals surface area contributed by atoms with Crippen molar-refractivity contribution in [3.05, 3.63) is 45.4 Å². The van der Waals surface area contributed by atoms with Crippen molar-refractivity contribution in [3.63, 3.8) is 0 Å². The standard InChI is InChI=1S/C19H26N4S/c1-19(2,3)17-22-14(12-24-17)11-21-18(20)23-16-10-6-8-13-7-4-5-9-15(13)16/h6,8,10,12H,4-5,7,9,11H2,1-3H3,(H3,20,21,23). The minimum Gasteiger partial charge on any atom is -0.370 e. The Balaban J connectivity index is 1.68. The predicted molar refractivity (Wildman–Crippen MR) is 103 cm³/mol. The maximum atomic E-state index is 6.09. The lowest BCUT2D eigenvalue weighted by Crippen LogP contribution is -2.24. The van der Waals surface area contributed by atoms with Crippen LogP contribution in [0.15, 0.2) is 28.6 Å². The maximum Gasteiger partial charge on any atom is 0.193 e. The summed E-state index contributed by atoms with van der Waals surface area (Å²) >= 11 is 1.69. The van der Waals surface area contributed by atoms with E-state index in [2.05, 4.69) is 59.6 Å². The van der Waals surface area contributed by atoms with Crippen LogP contribution in [0.5, 0.6) is 0 Å². The molecule has 0 bridgehead atoms. The lowest BCUT2D eigenvalue weighted by Gasteiger charge is -2.19. The van der Waals surface area contributed by atoms with Crippen molar-refractivity contribution in [2.75, 3.05) is 5.32 Å². The molecule has 0 atom stereocenters. The molecule has 5 heteroatoms. The highest BCUT2D eigenvalue weighted by molar-refractivity contribution is 7.09. The number of benzene rings is 1. The van der Waals surface area contributed by atoms with Crippen molar-refractivity contribution in [2.24, 2.45) is 10.7 Å². The minimum atomic E-state index is 0.0829. The molecule has 1 heterocycles. The van der Waals surface area contributed by atoms with Crippen molar-refractivity contribution in [2.45, 2.75) is 58.4 Å². The molecule has 3 N–H and O–H groups in total. The monoisotopic (exact) mass is 342 g/mol. The fourth-order valence-corrected chi connectivity index (χ4v) is 3.86. The summed E-state index contributed by atoms with van der Waals surface area (Å²) in [6.45, 7) is 7.04. The summed E-state index contributed by atoms with van der Waals surface area (Å²) in [5.41, 5.74) is 11.1. The minimum absolute atomic E-state index is 0.0829. The van der Waals surface area contributed by atoms with Crippen molar-refractivity contribution >= 4 is 23.0 Å². The third-order valence-corrected chi connectivity index (χ3v) is 5.58. The highest BCUT2D eigenvalue weighted by atomic mass is 32.1. The van der Waals surface area contributed by atoms with Gasteiger partial charge in [-0.1, -0.05) is 32.9 Å². The number of anilines is 1. The van der Waals surface area contributed by atoms with Gasteiger partial charge in [-0.3, -0.25) is 0 Å². The van der Waals surface area contributed by atoms with E-state index in [1.807, 2.05) is 0 Å². The van der Waals surface area contributed by atoms with Gasteiger partial charge in [0.2, 0.25) is 0 Å². The van der Waals surface area contributed by atoms with Crippen molar-refractivity contribution in [1.29, 1.82) is 0 Å². The van der Waals surface area contributed by atoms with Crippen LogP contribution >= 0.6 is 11.3 Å². The first kappa shape index (κ1) is 17.0.